The number of likely N-dealkylation sites (N-methyl/N-ethyl adjacent to an activating group) is 1. The van der Waals surface area contributed by atoms with E-state index < -0.39 is 11.6 Å². The summed E-state index contributed by atoms with van der Waals surface area (Å²) in [5.41, 5.74) is -4.22. The van der Waals surface area contributed by atoms with Crippen molar-refractivity contribution in [3.8, 4) is 0 Å². The molecule has 0 aliphatic heterocycles. The first kappa shape index (κ1) is 14.8. The number of halogens is 3. The molecule has 0 saturated carbocycles. The van der Waals surface area contributed by atoms with Crippen LogP contribution in [0.2, 0.25) is 0 Å². The fourth-order valence-corrected chi connectivity index (χ4v) is 1.78. The Bertz CT molecular complexity index is 423. The summed E-state index contributed by atoms with van der Waals surface area (Å²) in [7, 11) is 1.60. The van der Waals surface area contributed by atoms with Crippen LogP contribution in [0.15, 0.2) is 29.2 Å². The van der Waals surface area contributed by atoms with Gasteiger partial charge in [-0.15, -0.1) is 0 Å². The minimum absolute atomic E-state index is 0.0262. The van der Waals surface area contributed by atoms with Gasteiger partial charge in [0.2, 0.25) is 5.91 Å². The number of thioether (sulfide) groups is 1. The van der Waals surface area contributed by atoms with Crippen LogP contribution in [-0.4, -0.2) is 24.5 Å². The van der Waals surface area contributed by atoms with Crippen LogP contribution in [0.4, 0.5) is 18.9 Å². The molecule has 1 rings (SSSR count). The van der Waals surface area contributed by atoms with Gasteiger partial charge in [-0.1, -0.05) is 12.1 Å². The van der Waals surface area contributed by atoms with Gasteiger partial charge in [0.1, 0.15) is 0 Å². The molecule has 2 N–H and O–H groups in total. The highest BCUT2D eigenvalue weighted by atomic mass is 32.2. The van der Waals surface area contributed by atoms with E-state index in [4.69, 9.17) is 0 Å². The van der Waals surface area contributed by atoms with E-state index >= 15 is 0 Å². The number of para-hydroxylation sites is 1. The van der Waals surface area contributed by atoms with Gasteiger partial charge in [-0.3, -0.25) is 4.79 Å². The van der Waals surface area contributed by atoms with E-state index in [0.29, 0.717) is 0 Å². The molecular formula is C11H13F3N2OS. The highest BCUT2D eigenvalue weighted by Crippen LogP contribution is 2.40. The van der Waals surface area contributed by atoms with E-state index in [2.05, 4.69) is 10.6 Å². The molecule has 0 aromatic heterocycles. The first-order valence-corrected chi connectivity index (χ1v) is 5.98. The Balaban J connectivity index is 2.86. The summed E-state index contributed by atoms with van der Waals surface area (Å²) in [5.74, 6) is -0.382. The highest BCUT2D eigenvalue weighted by molar-refractivity contribution is 8.00. The number of nitrogens with one attached hydrogen (secondary N) is 2. The monoisotopic (exact) mass is 278 g/mol. The molecule has 1 aromatic carbocycles. The predicted molar refractivity (Wildman–Crippen MR) is 65.5 cm³/mol. The topological polar surface area (TPSA) is 41.1 Å². The minimum Gasteiger partial charge on any atom is -0.324 e. The van der Waals surface area contributed by atoms with Crippen molar-refractivity contribution in [1.29, 1.82) is 0 Å². The van der Waals surface area contributed by atoms with Gasteiger partial charge in [0.15, 0.2) is 0 Å². The average molecular weight is 278 g/mol. The molecule has 7 heteroatoms. The van der Waals surface area contributed by atoms with Gasteiger partial charge < -0.3 is 10.6 Å². The van der Waals surface area contributed by atoms with Gasteiger partial charge >= 0.3 is 5.51 Å². The minimum atomic E-state index is -4.38. The SMILES string of the molecule is CNC(C)C(=O)Nc1ccccc1SC(F)(F)F. The third kappa shape index (κ3) is 4.58. The van der Waals surface area contributed by atoms with E-state index in [0.717, 1.165) is 0 Å². The van der Waals surface area contributed by atoms with Crippen LogP contribution in [0.1, 0.15) is 6.92 Å². The van der Waals surface area contributed by atoms with Crippen molar-refractivity contribution in [2.24, 2.45) is 0 Å². The lowest BCUT2D eigenvalue weighted by atomic mass is 10.2. The molecule has 100 valence electrons. The van der Waals surface area contributed by atoms with E-state index in [1.807, 2.05) is 0 Å². The Morgan fingerprint density at radius 3 is 2.50 bits per heavy atom. The highest BCUT2D eigenvalue weighted by Gasteiger charge is 2.30. The molecule has 0 heterocycles. The van der Waals surface area contributed by atoms with Crippen LogP contribution in [0.5, 0.6) is 0 Å². The maximum atomic E-state index is 12.3. The molecule has 3 nitrogen and oxygen atoms in total. The van der Waals surface area contributed by atoms with Crippen molar-refractivity contribution in [2.45, 2.75) is 23.4 Å². The first-order chi connectivity index (χ1) is 8.33. The molecule has 1 atom stereocenters. The van der Waals surface area contributed by atoms with Gasteiger partial charge in [-0.2, -0.15) is 13.2 Å². The smallest absolute Gasteiger partial charge is 0.324 e. The van der Waals surface area contributed by atoms with Crippen LogP contribution in [0, 0.1) is 0 Å². The van der Waals surface area contributed by atoms with E-state index in [9.17, 15) is 18.0 Å². The number of anilines is 1. The fourth-order valence-electron chi connectivity index (χ4n) is 1.16. The quantitative estimate of drug-likeness (QED) is 0.832. The van der Waals surface area contributed by atoms with E-state index in [1.165, 1.54) is 18.2 Å². The third-order valence-electron chi connectivity index (χ3n) is 2.20. The molecule has 18 heavy (non-hydrogen) atoms. The maximum Gasteiger partial charge on any atom is 0.446 e. The van der Waals surface area contributed by atoms with Crippen molar-refractivity contribution < 1.29 is 18.0 Å². The van der Waals surface area contributed by atoms with Gasteiger partial charge in [-0.05, 0) is 37.9 Å². The number of carbonyl (C=O) groups excluding carboxylic acids is 1. The summed E-state index contributed by atoms with van der Waals surface area (Å²) in [5, 5.41) is 5.17. The Hall–Kier alpha value is -1.21. The molecule has 1 amide bonds. The van der Waals surface area contributed by atoms with Crippen molar-refractivity contribution >= 4 is 23.4 Å². The van der Waals surface area contributed by atoms with Crippen molar-refractivity contribution in [2.75, 3.05) is 12.4 Å². The number of hydrogen-bond donors (Lipinski definition) is 2. The molecule has 0 radical (unpaired) electrons. The van der Waals surface area contributed by atoms with Gasteiger partial charge in [0.05, 0.1) is 11.7 Å². The summed E-state index contributed by atoms with van der Waals surface area (Å²) in [6, 6.07) is 5.34. The standard InChI is InChI=1S/C11H13F3N2OS/c1-7(15-2)10(17)16-8-5-3-4-6-9(8)18-11(12,13)14/h3-7,15H,1-2H3,(H,16,17). The normalized spacial score (nSPS) is 13.2. The van der Waals surface area contributed by atoms with Gasteiger partial charge in [0.25, 0.3) is 0 Å². The van der Waals surface area contributed by atoms with E-state index in [1.54, 1.807) is 20.0 Å². The lowest BCUT2D eigenvalue weighted by molar-refractivity contribution is -0.117. The van der Waals surface area contributed by atoms with Crippen LogP contribution >= 0.6 is 11.8 Å². The van der Waals surface area contributed by atoms with Gasteiger partial charge in [-0.25, -0.2) is 0 Å². The van der Waals surface area contributed by atoms with Crippen molar-refractivity contribution in [1.82, 2.24) is 5.32 Å². The third-order valence-corrected chi connectivity index (χ3v) is 3.00. The predicted octanol–water partition coefficient (Wildman–Crippen LogP) is 2.84. The van der Waals surface area contributed by atoms with Crippen LogP contribution in [0.3, 0.4) is 0 Å². The summed E-state index contributed by atoms with van der Waals surface area (Å²) in [6.45, 7) is 1.62. The molecule has 0 aliphatic carbocycles. The molecule has 0 spiro atoms. The Morgan fingerprint density at radius 2 is 1.94 bits per heavy atom. The number of benzene rings is 1. The van der Waals surface area contributed by atoms with Gasteiger partial charge in [0, 0.05) is 4.90 Å². The van der Waals surface area contributed by atoms with E-state index in [-0.39, 0.29) is 28.3 Å². The molecule has 0 aliphatic rings. The Kier molecular flexibility index (Phi) is 5.03. The molecule has 1 unspecified atom stereocenters. The molecule has 0 fully saturated rings. The molecule has 0 bridgehead atoms. The zero-order valence-electron chi connectivity index (χ0n) is 9.84. The average Bonchev–Trinajstić information content (AvgIpc) is 2.28. The van der Waals surface area contributed by atoms with Crippen LogP contribution in [-0.2, 0) is 4.79 Å². The van der Waals surface area contributed by atoms with Crippen molar-refractivity contribution in [3.05, 3.63) is 24.3 Å². The lowest BCUT2D eigenvalue weighted by Gasteiger charge is -2.14. The first-order valence-electron chi connectivity index (χ1n) is 5.16. The largest absolute Gasteiger partial charge is 0.446 e. The molecule has 0 saturated heterocycles. The fraction of sp³-hybridized carbons (Fsp3) is 0.364. The zero-order chi connectivity index (χ0) is 13.8. The second-order valence-corrected chi connectivity index (χ2v) is 4.65. The summed E-state index contributed by atoms with van der Waals surface area (Å²) >= 11 is -0.246. The second kappa shape index (κ2) is 6.10. The summed E-state index contributed by atoms with van der Waals surface area (Å²) in [4.78, 5) is 11.6. The zero-order valence-corrected chi connectivity index (χ0v) is 10.7. The number of alkyl halides is 3. The summed E-state index contributed by atoms with van der Waals surface area (Å²) < 4.78 is 37.0. The number of amides is 1. The lowest BCUT2D eigenvalue weighted by Crippen LogP contribution is -2.35. The number of rotatable bonds is 4. The summed E-state index contributed by atoms with van der Waals surface area (Å²) in [6.07, 6.45) is 0. The Morgan fingerprint density at radius 1 is 1.33 bits per heavy atom. The van der Waals surface area contributed by atoms with Crippen LogP contribution < -0.4 is 10.6 Å². The molecule has 1 aromatic rings. The van der Waals surface area contributed by atoms with Crippen LogP contribution in [0.25, 0.3) is 0 Å². The Labute approximate surface area is 107 Å². The van der Waals surface area contributed by atoms with Crippen molar-refractivity contribution in [3.63, 3.8) is 0 Å². The molecular weight excluding hydrogens is 265 g/mol. The number of hydrogen-bond acceptors (Lipinski definition) is 3. The maximum absolute atomic E-state index is 12.3. The second-order valence-electron chi connectivity index (χ2n) is 3.54. The number of carbonyl (C=O) groups is 1.